The molecule has 2 aliphatic rings. The first-order valence-electron chi connectivity index (χ1n) is 11.3. The fourth-order valence-corrected chi connectivity index (χ4v) is 5.33. The second-order valence-electron chi connectivity index (χ2n) is 9.45. The largest absolute Gasteiger partial charge is 0.361 e. The summed E-state index contributed by atoms with van der Waals surface area (Å²) in [5.41, 5.74) is -1.62. The highest BCUT2D eigenvalue weighted by atomic mass is 19.3. The summed E-state index contributed by atoms with van der Waals surface area (Å²) in [5.74, 6) is -0.750. The van der Waals surface area contributed by atoms with Crippen molar-refractivity contribution in [2.45, 2.75) is 38.2 Å². The van der Waals surface area contributed by atoms with Crippen molar-refractivity contribution in [3.8, 4) is 0 Å². The summed E-state index contributed by atoms with van der Waals surface area (Å²) in [5, 5.41) is 7.93. The van der Waals surface area contributed by atoms with E-state index in [1.807, 2.05) is 0 Å². The molecule has 1 saturated carbocycles. The standard InChI is InChI=1S/C24H24F3N5O3/c1-11(14-5-4-6-15(19(14)25)21(26)27)28-22-18-16(23(35)31(3)30-22)7-17(34)29-20(18)24-8-13(24)9-32(10-24)12(2)33/h4-7,11,13,21H,8-10H2,1-3H3,(H,28,30)(H,29,34)/t11-,13+,24-/m1/s1. The van der Waals surface area contributed by atoms with E-state index in [1.165, 1.54) is 32.2 Å². The highest BCUT2D eigenvalue weighted by molar-refractivity contribution is 5.94. The number of anilines is 1. The van der Waals surface area contributed by atoms with Crippen LogP contribution < -0.4 is 16.4 Å². The van der Waals surface area contributed by atoms with Gasteiger partial charge in [0.05, 0.1) is 22.4 Å². The Morgan fingerprint density at radius 3 is 2.66 bits per heavy atom. The number of rotatable bonds is 5. The minimum atomic E-state index is -2.96. The van der Waals surface area contributed by atoms with Crippen LogP contribution in [-0.2, 0) is 17.3 Å². The van der Waals surface area contributed by atoms with Gasteiger partial charge in [-0.05, 0) is 19.3 Å². The van der Waals surface area contributed by atoms with Gasteiger partial charge in [-0.3, -0.25) is 14.4 Å². The maximum atomic E-state index is 14.8. The van der Waals surface area contributed by atoms with E-state index < -0.39 is 40.4 Å². The second-order valence-corrected chi connectivity index (χ2v) is 9.45. The smallest absolute Gasteiger partial charge is 0.274 e. The van der Waals surface area contributed by atoms with Crippen LogP contribution in [0, 0.1) is 11.7 Å². The number of halogens is 3. The average molecular weight is 487 g/mol. The molecule has 1 aliphatic heterocycles. The molecule has 2 N–H and O–H groups in total. The Kier molecular flexibility index (Phi) is 5.26. The normalized spacial score (nSPS) is 21.9. The zero-order chi connectivity index (χ0) is 25.2. The Labute approximate surface area is 197 Å². The molecule has 3 heterocycles. The number of hydrogen-bond acceptors (Lipinski definition) is 5. The average Bonchev–Trinajstić information content (AvgIpc) is 3.36. The molecule has 1 aromatic carbocycles. The molecule has 1 saturated heterocycles. The van der Waals surface area contributed by atoms with Gasteiger partial charge in [0.15, 0.2) is 5.82 Å². The number of carbonyl (C=O) groups is 1. The Morgan fingerprint density at radius 1 is 1.29 bits per heavy atom. The molecule has 0 bridgehead atoms. The van der Waals surface area contributed by atoms with E-state index in [-0.39, 0.29) is 28.6 Å². The van der Waals surface area contributed by atoms with Gasteiger partial charge in [0, 0.05) is 49.8 Å². The molecule has 11 heteroatoms. The molecule has 35 heavy (non-hydrogen) atoms. The van der Waals surface area contributed by atoms with Gasteiger partial charge in [-0.25, -0.2) is 17.9 Å². The predicted octanol–water partition coefficient (Wildman–Crippen LogP) is 2.99. The van der Waals surface area contributed by atoms with Gasteiger partial charge >= 0.3 is 0 Å². The third kappa shape index (κ3) is 3.60. The molecule has 0 radical (unpaired) electrons. The lowest BCUT2D eigenvalue weighted by Gasteiger charge is -2.23. The van der Waals surface area contributed by atoms with Crippen LogP contribution >= 0.6 is 0 Å². The summed E-state index contributed by atoms with van der Waals surface area (Å²) in [6.45, 7) is 4.04. The van der Waals surface area contributed by atoms with Crippen molar-refractivity contribution >= 4 is 22.5 Å². The molecule has 3 atom stereocenters. The summed E-state index contributed by atoms with van der Waals surface area (Å²) in [4.78, 5) is 42.0. The molecule has 5 rings (SSSR count). The summed E-state index contributed by atoms with van der Waals surface area (Å²) < 4.78 is 42.4. The van der Waals surface area contributed by atoms with Crippen molar-refractivity contribution in [1.82, 2.24) is 19.7 Å². The number of piperidine rings is 1. The molecule has 8 nitrogen and oxygen atoms in total. The molecular weight excluding hydrogens is 463 g/mol. The van der Waals surface area contributed by atoms with Crippen LogP contribution in [0.5, 0.6) is 0 Å². The van der Waals surface area contributed by atoms with E-state index >= 15 is 0 Å². The third-order valence-corrected chi connectivity index (χ3v) is 7.26. The second kappa shape index (κ2) is 7.96. The van der Waals surface area contributed by atoms with Crippen molar-refractivity contribution in [3.63, 3.8) is 0 Å². The lowest BCUT2D eigenvalue weighted by molar-refractivity contribution is -0.128. The minimum Gasteiger partial charge on any atom is -0.361 e. The summed E-state index contributed by atoms with van der Waals surface area (Å²) in [7, 11) is 1.43. The lowest BCUT2D eigenvalue weighted by atomic mass is 9.95. The van der Waals surface area contributed by atoms with Crippen molar-refractivity contribution in [2.24, 2.45) is 13.0 Å². The summed E-state index contributed by atoms with van der Waals surface area (Å²) >= 11 is 0. The predicted molar refractivity (Wildman–Crippen MR) is 123 cm³/mol. The van der Waals surface area contributed by atoms with Crippen LogP contribution in [0.4, 0.5) is 19.0 Å². The van der Waals surface area contributed by atoms with Gasteiger partial charge < -0.3 is 15.2 Å². The Bertz CT molecular complexity index is 1480. The highest BCUT2D eigenvalue weighted by Gasteiger charge is 2.62. The van der Waals surface area contributed by atoms with Gasteiger partial charge in [0.1, 0.15) is 5.82 Å². The van der Waals surface area contributed by atoms with Crippen LogP contribution in [0.1, 0.15) is 49.6 Å². The highest BCUT2D eigenvalue weighted by Crippen LogP contribution is 2.59. The van der Waals surface area contributed by atoms with E-state index in [4.69, 9.17) is 0 Å². The number of nitrogens with zero attached hydrogens (tertiary/aromatic N) is 3. The van der Waals surface area contributed by atoms with Gasteiger partial charge in [0.25, 0.3) is 12.0 Å². The van der Waals surface area contributed by atoms with Crippen LogP contribution in [0.15, 0.2) is 33.9 Å². The van der Waals surface area contributed by atoms with Gasteiger partial charge in [0.2, 0.25) is 11.5 Å². The van der Waals surface area contributed by atoms with Crippen molar-refractivity contribution in [3.05, 3.63) is 67.6 Å². The number of H-pyrrole nitrogens is 1. The molecular formula is C24H24F3N5O3. The van der Waals surface area contributed by atoms with E-state index in [2.05, 4.69) is 15.4 Å². The number of amides is 1. The molecule has 184 valence electrons. The topological polar surface area (TPSA) is 100 Å². The number of likely N-dealkylation sites (tertiary alicyclic amines) is 1. The number of nitrogens with one attached hydrogen (secondary N) is 2. The number of benzene rings is 1. The van der Waals surface area contributed by atoms with Crippen LogP contribution in [0.3, 0.4) is 0 Å². The van der Waals surface area contributed by atoms with E-state index in [0.717, 1.165) is 17.2 Å². The van der Waals surface area contributed by atoms with Crippen LogP contribution in [0.2, 0.25) is 0 Å². The Balaban J connectivity index is 1.66. The SMILES string of the molecule is CC(=O)N1C[C@@H]2C[C@@]2(c2[nH]c(=O)cc3c(=O)n(C)nc(N[C@H](C)c4cccc(C(F)F)c4F)c23)C1. The summed E-state index contributed by atoms with van der Waals surface area (Å²) in [6.07, 6.45) is -2.23. The van der Waals surface area contributed by atoms with Gasteiger partial charge in [-0.15, -0.1) is 0 Å². The molecule has 1 aliphatic carbocycles. The fraction of sp³-hybridized carbons (Fsp3) is 0.417. The van der Waals surface area contributed by atoms with E-state index in [0.29, 0.717) is 24.2 Å². The first-order chi connectivity index (χ1) is 16.5. The molecule has 2 fully saturated rings. The molecule has 3 aromatic rings. The first-order valence-corrected chi connectivity index (χ1v) is 11.3. The van der Waals surface area contributed by atoms with Crippen LogP contribution in [-0.4, -0.2) is 38.7 Å². The minimum absolute atomic E-state index is 0.0173. The first kappa shape index (κ1) is 23.1. The number of carbonyl (C=O) groups excluding carboxylic acids is 1. The molecule has 0 spiro atoms. The number of hydrogen-bond donors (Lipinski definition) is 2. The molecule has 1 amide bonds. The zero-order valence-corrected chi connectivity index (χ0v) is 19.4. The zero-order valence-electron chi connectivity index (χ0n) is 19.4. The number of fused-ring (bicyclic) bond motifs is 2. The number of aryl methyl sites for hydroxylation is 1. The van der Waals surface area contributed by atoms with Crippen molar-refractivity contribution in [2.75, 3.05) is 18.4 Å². The monoisotopic (exact) mass is 487 g/mol. The summed E-state index contributed by atoms with van der Waals surface area (Å²) in [6, 6.07) is 4.21. The maximum Gasteiger partial charge on any atom is 0.274 e. The Hall–Kier alpha value is -3.63. The third-order valence-electron chi connectivity index (χ3n) is 7.26. The van der Waals surface area contributed by atoms with Crippen LogP contribution in [0.25, 0.3) is 10.8 Å². The van der Waals surface area contributed by atoms with Gasteiger partial charge in [-0.1, -0.05) is 18.2 Å². The fourth-order valence-electron chi connectivity index (χ4n) is 5.33. The number of aromatic amines is 1. The van der Waals surface area contributed by atoms with Crippen molar-refractivity contribution < 1.29 is 18.0 Å². The Morgan fingerprint density at radius 2 is 2.00 bits per heavy atom. The van der Waals surface area contributed by atoms with Crippen molar-refractivity contribution in [1.29, 1.82) is 0 Å². The quantitative estimate of drug-likeness (QED) is 0.577. The maximum absolute atomic E-state index is 14.8. The molecule has 0 unspecified atom stereocenters. The van der Waals surface area contributed by atoms with E-state index in [1.54, 1.807) is 11.8 Å². The molecule has 2 aromatic heterocycles. The van der Waals surface area contributed by atoms with Gasteiger partial charge in [-0.2, -0.15) is 5.10 Å². The van der Waals surface area contributed by atoms with E-state index in [9.17, 15) is 27.6 Å². The lowest BCUT2D eigenvalue weighted by Crippen LogP contribution is -2.32. The number of alkyl halides is 2. The number of aromatic nitrogens is 3. The number of pyridine rings is 1.